The zero-order valence-electron chi connectivity index (χ0n) is 25.3. The van der Waals surface area contributed by atoms with Gasteiger partial charge in [-0.1, -0.05) is 23.8 Å². The molecule has 250 valence electrons. The zero-order valence-corrected chi connectivity index (χ0v) is 26.9. The number of benzene rings is 1. The molecule has 0 spiro atoms. The highest BCUT2D eigenvalue weighted by Crippen LogP contribution is 2.46. The van der Waals surface area contributed by atoms with Crippen LogP contribution in [0.4, 0.5) is 18.0 Å². The van der Waals surface area contributed by atoms with Crippen molar-refractivity contribution in [3.63, 3.8) is 0 Å². The summed E-state index contributed by atoms with van der Waals surface area (Å²) in [4.78, 5) is 50.7. The number of fused-ring (bicyclic) bond motifs is 3. The van der Waals surface area contributed by atoms with Crippen molar-refractivity contribution in [3.05, 3.63) is 45.8 Å². The lowest BCUT2D eigenvalue weighted by atomic mass is 10.1. The van der Waals surface area contributed by atoms with Gasteiger partial charge in [0.2, 0.25) is 5.91 Å². The molecule has 2 aliphatic heterocycles. The van der Waals surface area contributed by atoms with Crippen LogP contribution >= 0.6 is 22.9 Å². The number of methoxy groups -OCH3 is 1. The Kier molecular flexibility index (Phi) is 8.72. The van der Waals surface area contributed by atoms with Gasteiger partial charge in [0.1, 0.15) is 39.9 Å². The van der Waals surface area contributed by atoms with Crippen molar-refractivity contribution in [2.75, 3.05) is 27.2 Å². The Balaban J connectivity index is 1.35. The number of alkyl halides is 3. The van der Waals surface area contributed by atoms with Crippen LogP contribution in [0.25, 0.3) is 22.3 Å². The maximum Gasteiger partial charge on any atom is 0.443 e. The molecule has 2 fully saturated rings. The molecule has 2 N–H and O–H groups in total. The number of allylic oxidation sites excluding steroid dienone is 1. The summed E-state index contributed by atoms with van der Waals surface area (Å²) in [5, 5.41) is 13.4. The molecule has 4 heterocycles. The van der Waals surface area contributed by atoms with E-state index in [-0.39, 0.29) is 64.6 Å². The van der Waals surface area contributed by atoms with E-state index in [1.165, 1.54) is 23.5 Å². The van der Waals surface area contributed by atoms with Gasteiger partial charge in [0.15, 0.2) is 5.01 Å². The molecular formula is C31H31ClF3N5O6S. The predicted octanol–water partition coefficient (Wildman–Crippen LogP) is 5.61. The molecule has 11 nitrogen and oxygen atoms in total. The molecule has 1 saturated carbocycles. The number of amides is 3. The number of thiazole rings is 1. The number of pyridine rings is 1. The van der Waals surface area contributed by atoms with Crippen molar-refractivity contribution in [2.24, 2.45) is 5.92 Å². The summed E-state index contributed by atoms with van der Waals surface area (Å²) in [6, 6.07) is 3.03. The fourth-order valence-corrected chi connectivity index (χ4v) is 7.07. The Labute approximate surface area is 276 Å². The number of nitrogens with zero attached hydrogens (tertiary/aromatic N) is 4. The topological polar surface area (TPSA) is 134 Å². The highest BCUT2D eigenvalue weighted by atomic mass is 35.5. The molecule has 3 aliphatic rings. The fraction of sp³-hybridized carbons (Fsp3) is 0.452. The van der Waals surface area contributed by atoms with Crippen LogP contribution in [0.1, 0.15) is 37.1 Å². The second-order valence-electron chi connectivity index (χ2n) is 11.9. The van der Waals surface area contributed by atoms with E-state index in [0.717, 1.165) is 19.3 Å². The molecular weight excluding hydrogens is 663 g/mol. The summed E-state index contributed by atoms with van der Waals surface area (Å²) in [5.41, 5.74) is -1.25. The number of carboxylic acid groups (broad SMARTS) is 1. The number of carbonyl (C=O) groups excluding carboxylic acids is 2. The lowest BCUT2D eigenvalue weighted by Gasteiger charge is -2.29. The van der Waals surface area contributed by atoms with E-state index in [0.29, 0.717) is 23.3 Å². The number of hydrogen-bond acceptors (Lipinski definition) is 8. The maximum atomic E-state index is 13.7. The second kappa shape index (κ2) is 12.5. The minimum Gasteiger partial charge on any atom is -0.495 e. The number of halogens is 4. The molecule has 1 aliphatic carbocycles. The first-order chi connectivity index (χ1) is 22.3. The third-order valence-electron chi connectivity index (χ3n) is 8.76. The van der Waals surface area contributed by atoms with Gasteiger partial charge in [-0.25, -0.2) is 19.6 Å². The van der Waals surface area contributed by atoms with Crippen molar-refractivity contribution < 1.29 is 42.1 Å². The summed E-state index contributed by atoms with van der Waals surface area (Å²) < 4.78 is 51.8. The number of urea groups is 1. The summed E-state index contributed by atoms with van der Waals surface area (Å²) in [5.74, 6) is -1.36. The smallest absolute Gasteiger partial charge is 0.443 e. The average Bonchev–Trinajstić information content (AvgIpc) is 3.33. The van der Waals surface area contributed by atoms with Crippen LogP contribution in [0.3, 0.4) is 0 Å². The van der Waals surface area contributed by atoms with E-state index in [9.17, 15) is 32.7 Å². The number of likely N-dealkylation sites (N-methyl/N-ethyl adjacent to an activating group) is 1. The molecule has 3 aromatic rings. The van der Waals surface area contributed by atoms with Gasteiger partial charge >= 0.3 is 18.2 Å². The van der Waals surface area contributed by atoms with Crippen molar-refractivity contribution in [2.45, 2.75) is 56.0 Å². The summed E-state index contributed by atoms with van der Waals surface area (Å²) in [6.45, 7) is 0.406. The molecule has 16 heteroatoms. The summed E-state index contributed by atoms with van der Waals surface area (Å²) in [6.07, 6.45) is 0.925. The number of rotatable bonds is 5. The highest BCUT2D eigenvalue weighted by molar-refractivity contribution is 7.10. The third-order valence-corrected chi connectivity index (χ3v) is 10.0. The number of carbonyl (C=O) groups is 3. The van der Waals surface area contributed by atoms with E-state index < -0.39 is 40.9 Å². The standard InChI is InChI=1S/C31H31ClF3N5O6S/c1-39-10-6-4-3-5-7-16-13-30(16,28(42)43)38-29(44)40-14-17(11-21(40)26(39)41)46-23-12-19(20-15-47-27(37-20)31(33,34)35)36-25-18(23)8-9-22(45-2)24(25)32/h5,7-9,12,15-17,21H,3-4,6,10-11,13-14H2,1-2H3,(H,38,44)(H,42,43)/b7-5-/t16-,17+,21+,30-/m1/s1. The Bertz CT molecular complexity index is 1770. The first kappa shape index (κ1) is 32.8. The predicted molar refractivity (Wildman–Crippen MR) is 167 cm³/mol. The number of aromatic nitrogens is 2. The zero-order chi connectivity index (χ0) is 33.7. The van der Waals surface area contributed by atoms with Gasteiger partial charge < -0.3 is 29.7 Å². The van der Waals surface area contributed by atoms with Gasteiger partial charge in [-0.3, -0.25) is 4.79 Å². The molecule has 3 amide bonds. The fourth-order valence-electron chi connectivity index (χ4n) is 6.10. The Morgan fingerprint density at radius 2 is 1.98 bits per heavy atom. The largest absolute Gasteiger partial charge is 0.495 e. The maximum absolute atomic E-state index is 13.7. The number of nitrogens with one attached hydrogen (secondary N) is 1. The number of carboxylic acids is 1. The quantitative estimate of drug-likeness (QED) is 0.330. The van der Waals surface area contributed by atoms with Gasteiger partial charge in [-0.15, -0.1) is 11.3 Å². The first-order valence-corrected chi connectivity index (χ1v) is 16.2. The van der Waals surface area contributed by atoms with Crippen molar-refractivity contribution in [3.8, 4) is 22.9 Å². The van der Waals surface area contributed by atoms with Gasteiger partial charge in [0.05, 0.1) is 24.9 Å². The highest BCUT2D eigenvalue weighted by Gasteiger charge is 2.61. The Hall–Kier alpha value is -4.11. The normalized spacial score (nSPS) is 25.9. The van der Waals surface area contributed by atoms with Crippen LogP contribution in [0.15, 0.2) is 35.7 Å². The summed E-state index contributed by atoms with van der Waals surface area (Å²) in [7, 11) is 3.07. The molecule has 0 unspecified atom stereocenters. The monoisotopic (exact) mass is 693 g/mol. The Morgan fingerprint density at radius 1 is 1.19 bits per heavy atom. The van der Waals surface area contributed by atoms with Crippen LogP contribution < -0.4 is 14.8 Å². The lowest BCUT2D eigenvalue weighted by Crippen LogP contribution is -2.55. The summed E-state index contributed by atoms with van der Waals surface area (Å²) >= 11 is 7.02. The minimum atomic E-state index is -4.64. The van der Waals surface area contributed by atoms with Crippen LogP contribution in [-0.2, 0) is 15.8 Å². The van der Waals surface area contributed by atoms with Crippen LogP contribution in [-0.4, -0.2) is 87.7 Å². The van der Waals surface area contributed by atoms with Gasteiger partial charge in [0, 0.05) is 42.8 Å². The molecule has 0 bridgehead atoms. The first-order valence-electron chi connectivity index (χ1n) is 14.9. The van der Waals surface area contributed by atoms with Crippen molar-refractivity contribution in [1.82, 2.24) is 25.1 Å². The molecule has 1 saturated heterocycles. The molecule has 47 heavy (non-hydrogen) atoms. The van der Waals surface area contributed by atoms with Gasteiger partial charge in [0.25, 0.3) is 0 Å². The lowest BCUT2D eigenvalue weighted by molar-refractivity contribution is -0.141. The number of ether oxygens (including phenoxy) is 2. The molecule has 6 rings (SSSR count). The van der Waals surface area contributed by atoms with Crippen molar-refractivity contribution >= 4 is 51.7 Å². The van der Waals surface area contributed by atoms with Crippen LogP contribution in [0.2, 0.25) is 5.02 Å². The van der Waals surface area contributed by atoms with E-state index >= 15 is 0 Å². The van der Waals surface area contributed by atoms with Crippen LogP contribution in [0.5, 0.6) is 11.5 Å². The van der Waals surface area contributed by atoms with Gasteiger partial charge in [-0.2, -0.15) is 13.2 Å². The van der Waals surface area contributed by atoms with Crippen molar-refractivity contribution in [1.29, 1.82) is 0 Å². The Morgan fingerprint density at radius 3 is 2.68 bits per heavy atom. The van der Waals surface area contributed by atoms with E-state index in [1.807, 2.05) is 12.2 Å². The third kappa shape index (κ3) is 6.30. The van der Waals surface area contributed by atoms with E-state index in [2.05, 4.69) is 15.3 Å². The van der Waals surface area contributed by atoms with Crippen LogP contribution in [0, 0.1) is 5.92 Å². The van der Waals surface area contributed by atoms with Gasteiger partial charge in [-0.05, 0) is 37.8 Å². The SMILES string of the molecule is COc1ccc2c(O[C@H]3C[C@H]4C(=O)N(C)CCCC/C=C\[C@@H]5C[C@@]5(C(=O)O)NC(=O)N4C3)cc(-c3csc(C(F)(F)F)n3)nc2c1Cl. The molecule has 4 atom stereocenters. The average molecular weight is 694 g/mol. The molecule has 2 aromatic heterocycles. The van der Waals surface area contributed by atoms with E-state index in [1.54, 1.807) is 24.1 Å². The minimum absolute atomic E-state index is 0.0422. The molecule has 1 aromatic carbocycles. The number of hydrogen-bond donors (Lipinski definition) is 2. The number of aliphatic carboxylic acids is 1. The second-order valence-corrected chi connectivity index (χ2v) is 13.1. The van der Waals surface area contributed by atoms with E-state index in [4.69, 9.17) is 21.1 Å². The molecule has 0 radical (unpaired) electrons.